The Morgan fingerprint density at radius 2 is 2.17 bits per heavy atom. The van der Waals surface area contributed by atoms with Gasteiger partial charge in [-0.2, -0.15) is 0 Å². The zero-order valence-electron chi connectivity index (χ0n) is 7.04. The predicted molar refractivity (Wildman–Crippen MR) is 53.9 cm³/mol. The van der Waals surface area contributed by atoms with Crippen molar-refractivity contribution in [1.29, 1.82) is 0 Å². The Bertz CT molecular complexity index is 273. The molecular formula is C9H11ClOS. The lowest BCUT2D eigenvalue weighted by Crippen LogP contribution is -1.93. The van der Waals surface area contributed by atoms with Crippen molar-refractivity contribution in [2.24, 2.45) is 0 Å². The molecule has 0 aromatic heterocycles. The SMILES string of the molecule is CSc1cc(Cl)ccc1C(C)O. The molecule has 1 atom stereocenters. The van der Waals surface area contributed by atoms with Gasteiger partial charge in [-0.25, -0.2) is 0 Å². The fourth-order valence-corrected chi connectivity index (χ4v) is 1.99. The van der Waals surface area contributed by atoms with Gasteiger partial charge in [-0.05, 0) is 30.9 Å². The third-order valence-electron chi connectivity index (χ3n) is 1.65. The highest BCUT2D eigenvalue weighted by atomic mass is 35.5. The van der Waals surface area contributed by atoms with Crippen LogP contribution in [0.1, 0.15) is 18.6 Å². The van der Waals surface area contributed by atoms with Crippen LogP contribution in [-0.4, -0.2) is 11.4 Å². The molecule has 0 spiro atoms. The number of aliphatic hydroxyl groups excluding tert-OH is 1. The molecule has 1 aromatic rings. The number of hydrogen-bond donors (Lipinski definition) is 1. The Hall–Kier alpha value is -0.180. The minimum absolute atomic E-state index is 0.426. The number of benzene rings is 1. The van der Waals surface area contributed by atoms with Crippen molar-refractivity contribution in [1.82, 2.24) is 0 Å². The van der Waals surface area contributed by atoms with E-state index in [0.717, 1.165) is 10.5 Å². The van der Waals surface area contributed by atoms with Crippen LogP contribution in [0.25, 0.3) is 0 Å². The molecule has 12 heavy (non-hydrogen) atoms. The molecule has 1 nitrogen and oxygen atoms in total. The van der Waals surface area contributed by atoms with Crippen molar-refractivity contribution < 1.29 is 5.11 Å². The largest absolute Gasteiger partial charge is 0.389 e. The summed E-state index contributed by atoms with van der Waals surface area (Å²) in [5.41, 5.74) is 0.937. The van der Waals surface area contributed by atoms with Gasteiger partial charge in [0.15, 0.2) is 0 Å². The molecule has 0 aliphatic rings. The molecule has 0 heterocycles. The Morgan fingerprint density at radius 1 is 1.50 bits per heavy atom. The van der Waals surface area contributed by atoms with E-state index in [0.29, 0.717) is 5.02 Å². The summed E-state index contributed by atoms with van der Waals surface area (Å²) in [6.07, 6.45) is 1.54. The van der Waals surface area contributed by atoms with Gasteiger partial charge in [-0.1, -0.05) is 17.7 Å². The van der Waals surface area contributed by atoms with Gasteiger partial charge in [0.25, 0.3) is 0 Å². The molecule has 1 unspecified atom stereocenters. The van der Waals surface area contributed by atoms with Crippen molar-refractivity contribution in [3.05, 3.63) is 28.8 Å². The van der Waals surface area contributed by atoms with Crippen LogP contribution in [-0.2, 0) is 0 Å². The molecule has 0 aliphatic heterocycles. The average Bonchev–Trinajstić information content (AvgIpc) is 2.03. The van der Waals surface area contributed by atoms with Crippen LogP contribution in [0.15, 0.2) is 23.1 Å². The lowest BCUT2D eigenvalue weighted by Gasteiger charge is -2.09. The highest BCUT2D eigenvalue weighted by Gasteiger charge is 2.06. The third kappa shape index (κ3) is 2.16. The van der Waals surface area contributed by atoms with E-state index in [1.807, 2.05) is 18.4 Å². The molecule has 0 saturated carbocycles. The predicted octanol–water partition coefficient (Wildman–Crippen LogP) is 3.12. The first-order valence-corrected chi connectivity index (χ1v) is 5.27. The first-order chi connectivity index (χ1) is 5.65. The van der Waals surface area contributed by atoms with E-state index in [9.17, 15) is 5.11 Å². The summed E-state index contributed by atoms with van der Waals surface area (Å²) in [5, 5.41) is 10.1. The molecule has 0 amide bonds. The minimum Gasteiger partial charge on any atom is -0.389 e. The Kier molecular flexibility index (Phi) is 3.44. The highest BCUT2D eigenvalue weighted by molar-refractivity contribution is 7.98. The molecule has 0 fully saturated rings. The summed E-state index contributed by atoms with van der Waals surface area (Å²) >= 11 is 7.40. The molecule has 1 aromatic carbocycles. The van der Waals surface area contributed by atoms with Gasteiger partial charge in [0.1, 0.15) is 0 Å². The molecular weight excluding hydrogens is 192 g/mol. The standard InChI is InChI=1S/C9H11ClOS/c1-6(11)8-4-3-7(10)5-9(8)12-2/h3-6,11H,1-2H3. The molecule has 1 N–H and O–H groups in total. The summed E-state index contributed by atoms with van der Waals surface area (Å²) in [7, 11) is 0. The molecule has 0 bridgehead atoms. The van der Waals surface area contributed by atoms with E-state index in [2.05, 4.69) is 0 Å². The summed E-state index contributed by atoms with van der Waals surface area (Å²) in [4.78, 5) is 1.04. The summed E-state index contributed by atoms with van der Waals surface area (Å²) in [6, 6.07) is 5.52. The monoisotopic (exact) mass is 202 g/mol. The van der Waals surface area contributed by atoms with E-state index in [1.54, 1.807) is 24.8 Å². The van der Waals surface area contributed by atoms with Crippen molar-refractivity contribution in [3.63, 3.8) is 0 Å². The first kappa shape index (κ1) is 9.90. The fourth-order valence-electron chi connectivity index (χ4n) is 1.03. The Balaban J connectivity index is 3.11. The fraction of sp³-hybridized carbons (Fsp3) is 0.333. The van der Waals surface area contributed by atoms with Gasteiger partial charge >= 0.3 is 0 Å². The van der Waals surface area contributed by atoms with Crippen LogP contribution < -0.4 is 0 Å². The quantitative estimate of drug-likeness (QED) is 0.744. The number of hydrogen-bond acceptors (Lipinski definition) is 2. The molecule has 0 aliphatic carbocycles. The number of rotatable bonds is 2. The maximum atomic E-state index is 9.37. The lowest BCUT2D eigenvalue weighted by molar-refractivity contribution is 0.196. The van der Waals surface area contributed by atoms with Crippen molar-refractivity contribution in [3.8, 4) is 0 Å². The Labute approximate surface area is 81.7 Å². The van der Waals surface area contributed by atoms with E-state index in [4.69, 9.17) is 11.6 Å². The topological polar surface area (TPSA) is 20.2 Å². The summed E-state index contributed by atoms with van der Waals surface area (Å²) in [6.45, 7) is 1.75. The highest BCUT2D eigenvalue weighted by Crippen LogP contribution is 2.28. The van der Waals surface area contributed by atoms with Gasteiger partial charge < -0.3 is 5.11 Å². The first-order valence-electron chi connectivity index (χ1n) is 3.66. The number of halogens is 1. The van der Waals surface area contributed by atoms with Crippen molar-refractivity contribution in [2.75, 3.05) is 6.26 Å². The van der Waals surface area contributed by atoms with E-state index < -0.39 is 6.10 Å². The smallest absolute Gasteiger partial charge is 0.0772 e. The second kappa shape index (κ2) is 4.17. The third-order valence-corrected chi connectivity index (χ3v) is 2.67. The summed E-state index contributed by atoms with van der Waals surface area (Å²) in [5.74, 6) is 0. The van der Waals surface area contributed by atoms with Crippen molar-refractivity contribution in [2.45, 2.75) is 17.9 Å². The average molecular weight is 203 g/mol. The minimum atomic E-state index is -0.426. The lowest BCUT2D eigenvalue weighted by atomic mass is 10.1. The van der Waals surface area contributed by atoms with Gasteiger partial charge in [0.2, 0.25) is 0 Å². The van der Waals surface area contributed by atoms with Crippen LogP contribution in [0, 0.1) is 0 Å². The van der Waals surface area contributed by atoms with E-state index in [1.165, 1.54) is 0 Å². The Morgan fingerprint density at radius 3 is 2.67 bits per heavy atom. The molecule has 1 rings (SSSR count). The van der Waals surface area contributed by atoms with Crippen LogP contribution in [0.2, 0.25) is 5.02 Å². The van der Waals surface area contributed by atoms with Crippen molar-refractivity contribution >= 4 is 23.4 Å². The number of aliphatic hydroxyl groups is 1. The van der Waals surface area contributed by atoms with E-state index >= 15 is 0 Å². The molecule has 3 heteroatoms. The van der Waals surface area contributed by atoms with Crippen LogP contribution in [0.5, 0.6) is 0 Å². The number of thioether (sulfide) groups is 1. The van der Waals surface area contributed by atoms with Gasteiger partial charge in [0.05, 0.1) is 6.10 Å². The van der Waals surface area contributed by atoms with E-state index in [-0.39, 0.29) is 0 Å². The zero-order valence-corrected chi connectivity index (χ0v) is 8.62. The normalized spacial score (nSPS) is 13.0. The van der Waals surface area contributed by atoms with Crippen LogP contribution >= 0.6 is 23.4 Å². The maximum Gasteiger partial charge on any atom is 0.0772 e. The second-order valence-corrected chi connectivity index (χ2v) is 3.85. The van der Waals surface area contributed by atoms with Gasteiger partial charge in [-0.3, -0.25) is 0 Å². The molecule has 0 saturated heterocycles. The zero-order chi connectivity index (χ0) is 9.14. The van der Waals surface area contributed by atoms with Gasteiger partial charge in [-0.15, -0.1) is 11.8 Å². The maximum absolute atomic E-state index is 9.37. The molecule has 0 radical (unpaired) electrons. The molecule has 66 valence electrons. The van der Waals surface area contributed by atoms with Gasteiger partial charge in [0, 0.05) is 9.92 Å². The van der Waals surface area contributed by atoms with Crippen LogP contribution in [0.3, 0.4) is 0 Å². The van der Waals surface area contributed by atoms with Crippen LogP contribution in [0.4, 0.5) is 0 Å². The summed E-state index contributed by atoms with van der Waals surface area (Å²) < 4.78 is 0. The second-order valence-electron chi connectivity index (χ2n) is 2.56.